The summed E-state index contributed by atoms with van der Waals surface area (Å²) in [7, 11) is -2.58. The fourth-order valence-corrected chi connectivity index (χ4v) is 3.34. The van der Waals surface area contributed by atoms with Crippen LogP contribution in [0.1, 0.15) is 16.6 Å². The van der Waals surface area contributed by atoms with Gasteiger partial charge >= 0.3 is 5.97 Å². The highest BCUT2D eigenvalue weighted by Gasteiger charge is 2.22. The Balaban J connectivity index is 2.29. The summed E-state index contributed by atoms with van der Waals surface area (Å²) in [5, 5.41) is 1.51. The Morgan fingerprint density at radius 2 is 2.30 bits per heavy atom. The van der Waals surface area contributed by atoms with Crippen LogP contribution in [0, 0.1) is 0 Å². The summed E-state index contributed by atoms with van der Waals surface area (Å²) in [6, 6.07) is 1.51. The van der Waals surface area contributed by atoms with Crippen molar-refractivity contribution in [2.75, 3.05) is 11.8 Å². The molecule has 0 radical (unpaired) electrons. The third kappa shape index (κ3) is 2.83. The van der Waals surface area contributed by atoms with E-state index >= 15 is 0 Å². The first kappa shape index (κ1) is 14.5. The summed E-state index contributed by atoms with van der Waals surface area (Å²) in [5.41, 5.74) is 0.188. The molecule has 0 unspecified atom stereocenters. The molecule has 0 amide bonds. The average Bonchev–Trinajstić information content (AvgIpc) is 3.06. The van der Waals surface area contributed by atoms with Crippen molar-refractivity contribution in [3.63, 3.8) is 0 Å². The number of carbonyl (C=O) groups is 1. The van der Waals surface area contributed by atoms with Gasteiger partial charge in [0.2, 0.25) is 0 Å². The van der Waals surface area contributed by atoms with Gasteiger partial charge in [-0.3, -0.25) is 4.72 Å². The maximum atomic E-state index is 12.2. The Morgan fingerprint density at radius 1 is 1.55 bits per heavy atom. The first-order valence-corrected chi connectivity index (χ1v) is 8.04. The monoisotopic (exact) mass is 315 g/mol. The SMILES string of the molecule is CCn1cnc(S(=O)(=O)Nc2ccsc2C(=O)OC)c1. The average molecular weight is 315 g/mol. The van der Waals surface area contributed by atoms with Crippen molar-refractivity contribution in [2.45, 2.75) is 18.5 Å². The Hall–Kier alpha value is -1.87. The van der Waals surface area contributed by atoms with Gasteiger partial charge in [-0.25, -0.2) is 9.78 Å². The molecular formula is C11H13N3O4S2. The van der Waals surface area contributed by atoms with Crippen molar-refractivity contribution in [3.8, 4) is 0 Å². The summed E-state index contributed by atoms with van der Waals surface area (Å²) in [6.07, 6.45) is 2.86. The Labute approximate surface area is 120 Å². The summed E-state index contributed by atoms with van der Waals surface area (Å²) in [5.74, 6) is -0.586. The lowest BCUT2D eigenvalue weighted by molar-refractivity contribution is 0.0607. The van der Waals surface area contributed by atoms with Gasteiger partial charge in [0.1, 0.15) is 4.88 Å². The number of rotatable bonds is 5. The maximum absolute atomic E-state index is 12.2. The van der Waals surface area contributed by atoms with E-state index in [0.29, 0.717) is 6.54 Å². The van der Waals surface area contributed by atoms with Gasteiger partial charge in [0, 0.05) is 12.7 Å². The number of thiophene rings is 1. The van der Waals surface area contributed by atoms with Gasteiger partial charge in [-0.1, -0.05) is 0 Å². The molecule has 108 valence electrons. The number of aryl methyl sites for hydroxylation is 1. The van der Waals surface area contributed by atoms with Crippen LogP contribution in [-0.2, 0) is 21.3 Å². The predicted octanol–water partition coefficient (Wildman–Crippen LogP) is 1.55. The van der Waals surface area contributed by atoms with Crippen molar-refractivity contribution < 1.29 is 17.9 Å². The molecule has 0 saturated carbocycles. The molecule has 2 rings (SSSR count). The van der Waals surface area contributed by atoms with Gasteiger partial charge in [0.05, 0.1) is 19.1 Å². The normalized spacial score (nSPS) is 11.3. The zero-order valence-corrected chi connectivity index (χ0v) is 12.5. The minimum absolute atomic E-state index is 0.0960. The Kier molecular flexibility index (Phi) is 4.09. The van der Waals surface area contributed by atoms with Crippen molar-refractivity contribution in [3.05, 3.63) is 28.8 Å². The second kappa shape index (κ2) is 5.63. The fraction of sp³-hybridized carbons (Fsp3) is 0.273. The van der Waals surface area contributed by atoms with E-state index in [1.54, 1.807) is 9.95 Å². The molecular weight excluding hydrogens is 302 g/mol. The number of methoxy groups -OCH3 is 1. The summed E-state index contributed by atoms with van der Waals surface area (Å²) in [4.78, 5) is 15.5. The van der Waals surface area contributed by atoms with Gasteiger partial charge in [-0.05, 0) is 18.4 Å². The Bertz CT molecular complexity index is 718. The first-order valence-electron chi connectivity index (χ1n) is 5.68. The topological polar surface area (TPSA) is 90.3 Å². The van der Waals surface area contributed by atoms with Crippen LogP contribution in [0.15, 0.2) is 29.0 Å². The van der Waals surface area contributed by atoms with Crippen molar-refractivity contribution in [1.82, 2.24) is 9.55 Å². The molecule has 2 heterocycles. The fourth-order valence-electron chi connectivity index (χ4n) is 1.49. The van der Waals surface area contributed by atoms with E-state index in [1.807, 2.05) is 6.92 Å². The molecule has 0 aliphatic heterocycles. The van der Waals surface area contributed by atoms with Crippen LogP contribution in [0.5, 0.6) is 0 Å². The largest absolute Gasteiger partial charge is 0.465 e. The van der Waals surface area contributed by atoms with Crippen LogP contribution in [0.2, 0.25) is 0 Å². The third-order valence-electron chi connectivity index (χ3n) is 2.53. The van der Waals surface area contributed by atoms with E-state index in [4.69, 9.17) is 0 Å². The van der Waals surface area contributed by atoms with Gasteiger partial charge in [-0.2, -0.15) is 8.42 Å². The molecule has 0 spiro atoms. The van der Waals surface area contributed by atoms with Crippen molar-refractivity contribution in [1.29, 1.82) is 0 Å². The van der Waals surface area contributed by atoms with Crippen molar-refractivity contribution >= 4 is 33.0 Å². The molecule has 2 aromatic heterocycles. The number of carbonyl (C=O) groups excluding carboxylic acids is 1. The van der Waals surface area contributed by atoms with E-state index < -0.39 is 16.0 Å². The molecule has 7 nitrogen and oxygen atoms in total. The number of aromatic nitrogens is 2. The molecule has 20 heavy (non-hydrogen) atoms. The third-order valence-corrected chi connectivity index (χ3v) is 4.67. The molecule has 0 saturated heterocycles. The molecule has 0 bridgehead atoms. The molecule has 0 atom stereocenters. The molecule has 0 aromatic carbocycles. The number of esters is 1. The minimum atomic E-state index is -3.82. The highest BCUT2D eigenvalue weighted by molar-refractivity contribution is 7.92. The number of imidazole rings is 1. The van der Waals surface area contributed by atoms with E-state index in [0.717, 1.165) is 11.3 Å². The zero-order chi connectivity index (χ0) is 14.8. The zero-order valence-electron chi connectivity index (χ0n) is 10.9. The molecule has 0 fully saturated rings. The Morgan fingerprint density at radius 3 is 2.90 bits per heavy atom. The molecule has 1 N–H and O–H groups in total. The van der Waals surface area contributed by atoms with E-state index in [-0.39, 0.29) is 15.6 Å². The standard InChI is InChI=1S/C11H13N3O4S2/c1-3-14-6-9(12-7-14)20(16,17)13-8-4-5-19-10(8)11(15)18-2/h4-7,13H,3H2,1-2H3. The number of sulfonamides is 1. The highest BCUT2D eigenvalue weighted by Crippen LogP contribution is 2.25. The van der Waals surface area contributed by atoms with Crippen molar-refractivity contribution in [2.24, 2.45) is 0 Å². The number of hydrogen-bond acceptors (Lipinski definition) is 6. The summed E-state index contributed by atoms with van der Waals surface area (Å²) < 4.78 is 32.9. The lowest BCUT2D eigenvalue weighted by Gasteiger charge is -2.05. The van der Waals surface area contributed by atoms with Crippen LogP contribution >= 0.6 is 11.3 Å². The number of anilines is 1. The van der Waals surface area contributed by atoms with Gasteiger partial charge < -0.3 is 9.30 Å². The van der Waals surface area contributed by atoms with Crippen LogP contribution in [0.3, 0.4) is 0 Å². The summed E-state index contributed by atoms with van der Waals surface area (Å²) in [6.45, 7) is 2.49. The number of nitrogens with zero attached hydrogens (tertiary/aromatic N) is 2. The molecule has 0 aliphatic rings. The van der Waals surface area contributed by atoms with Crippen LogP contribution in [0.4, 0.5) is 5.69 Å². The van der Waals surface area contributed by atoms with Crippen LogP contribution in [-0.4, -0.2) is 31.0 Å². The maximum Gasteiger partial charge on any atom is 0.350 e. The van der Waals surface area contributed by atoms with E-state index in [2.05, 4.69) is 14.4 Å². The van der Waals surface area contributed by atoms with Crippen LogP contribution in [0.25, 0.3) is 0 Å². The lowest BCUT2D eigenvalue weighted by Crippen LogP contribution is -2.15. The number of nitrogens with one attached hydrogen (secondary N) is 1. The van der Waals surface area contributed by atoms with E-state index in [1.165, 1.54) is 25.7 Å². The second-order valence-electron chi connectivity index (χ2n) is 3.80. The smallest absolute Gasteiger partial charge is 0.350 e. The molecule has 2 aromatic rings. The first-order chi connectivity index (χ1) is 9.47. The van der Waals surface area contributed by atoms with Gasteiger partial charge in [-0.15, -0.1) is 11.3 Å². The second-order valence-corrected chi connectivity index (χ2v) is 6.35. The quantitative estimate of drug-likeness (QED) is 0.845. The highest BCUT2D eigenvalue weighted by atomic mass is 32.2. The number of hydrogen-bond donors (Lipinski definition) is 1. The minimum Gasteiger partial charge on any atom is -0.465 e. The van der Waals surface area contributed by atoms with Gasteiger partial charge in [0.25, 0.3) is 10.0 Å². The van der Waals surface area contributed by atoms with Crippen LogP contribution < -0.4 is 4.72 Å². The summed E-state index contributed by atoms with van der Waals surface area (Å²) >= 11 is 1.10. The van der Waals surface area contributed by atoms with Gasteiger partial charge in [0.15, 0.2) is 5.03 Å². The molecule has 9 heteroatoms. The predicted molar refractivity (Wildman–Crippen MR) is 74.4 cm³/mol. The number of ether oxygens (including phenoxy) is 1. The lowest BCUT2D eigenvalue weighted by atomic mass is 10.4. The molecule has 0 aliphatic carbocycles. The van der Waals surface area contributed by atoms with E-state index in [9.17, 15) is 13.2 Å².